The van der Waals surface area contributed by atoms with Crippen LogP contribution < -0.4 is 5.32 Å². The van der Waals surface area contributed by atoms with Gasteiger partial charge in [0.1, 0.15) is 0 Å². The van der Waals surface area contributed by atoms with Crippen LogP contribution in [0, 0.1) is 17.8 Å². The fourth-order valence-electron chi connectivity index (χ4n) is 2.44. The van der Waals surface area contributed by atoms with Crippen LogP contribution in [0.3, 0.4) is 0 Å². The maximum Gasteiger partial charge on any atom is 0.306 e. The van der Waals surface area contributed by atoms with E-state index in [0.29, 0.717) is 11.8 Å². The third kappa shape index (κ3) is 4.35. The number of carboxylic acids is 1. The molecule has 1 aromatic carbocycles. The molecule has 2 unspecified atom stereocenters. The van der Waals surface area contributed by atoms with E-state index in [2.05, 4.69) is 43.4 Å². The predicted molar refractivity (Wildman–Crippen MR) is 75.9 cm³/mol. The fraction of sp³-hybridized carbons (Fsp3) is 0.562. The molecule has 1 fully saturated rings. The number of rotatable bonds is 7. The van der Waals surface area contributed by atoms with Crippen LogP contribution in [0.4, 0.5) is 0 Å². The van der Waals surface area contributed by atoms with Crippen molar-refractivity contribution in [2.24, 2.45) is 17.8 Å². The van der Waals surface area contributed by atoms with Crippen molar-refractivity contribution < 1.29 is 9.90 Å². The quantitative estimate of drug-likeness (QED) is 0.793. The summed E-state index contributed by atoms with van der Waals surface area (Å²) in [7, 11) is 0. The molecule has 0 amide bonds. The van der Waals surface area contributed by atoms with Crippen molar-refractivity contribution in [3.05, 3.63) is 35.4 Å². The Kier molecular flexibility index (Phi) is 4.59. The molecular weight excluding hydrogens is 238 g/mol. The van der Waals surface area contributed by atoms with Crippen molar-refractivity contribution in [3.63, 3.8) is 0 Å². The van der Waals surface area contributed by atoms with Gasteiger partial charge >= 0.3 is 5.97 Å². The highest BCUT2D eigenvalue weighted by atomic mass is 16.4. The molecule has 3 heteroatoms. The highest BCUT2D eigenvalue weighted by molar-refractivity contribution is 5.73. The third-order valence-electron chi connectivity index (χ3n) is 3.64. The van der Waals surface area contributed by atoms with Crippen LogP contribution in [0.5, 0.6) is 0 Å². The van der Waals surface area contributed by atoms with E-state index in [4.69, 9.17) is 5.11 Å². The monoisotopic (exact) mass is 261 g/mol. The van der Waals surface area contributed by atoms with Crippen molar-refractivity contribution >= 4 is 5.97 Å². The largest absolute Gasteiger partial charge is 0.481 e. The first-order chi connectivity index (χ1) is 9.06. The minimum atomic E-state index is -0.648. The molecule has 2 rings (SSSR count). The highest BCUT2D eigenvalue weighted by Gasteiger charge is 2.42. The van der Waals surface area contributed by atoms with E-state index in [9.17, 15) is 4.79 Å². The van der Waals surface area contributed by atoms with Gasteiger partial charge in [0.15, 0.2) is 0 Å². The first-order valence-electron chi connectivity index (χ1n) is 7.07. The van der Waals surface area contributed by atoms with Gasteiger partial charge in [0.2, 0.25) is 0 Å². The number of carboxylic acid groups (broad SMARTS) is 1. The Morgan fingerprint density at radius 1 is 1.32 bits per heavy atom. The normalized spacial score (nSPS) is 21.6. The first kappa shape index (κ1) is 14.1. The first-order valence-corrected chi connectivity index (χ1v) is 7.07. The van der Waals surface area contributed by atoms with E-state index in [1.54, 1.807) is 0 Å². The van der Waals surface area contributed by atoms with Gasteiger partial charge in [0, 0.05) is 6.54 Å². The SMILES string of the molecule is CC(C)Cc1ccc(CNCC2CC2C(=O)O)cc1. The van der Waals surface area contributed by atoms with Crippen molar-refractivity contribution in [2.45, 2.75) is 33.2 Å². The van der Waals surface area contributed by atoms with Gasteiger partial charge in [-0.15, -0.1) is 0 Å². The lowest BCUT2D eigenvalue weighted by molar-refractivity contribution is -0.138. The summed E-state index contributed by atoms with van der Waals surface area (Å²) in [5.74, 6) is 0.260. The molecule has 1 saturated carbocycles. The molecule has 0 bridgehead atoms. The topological polar surface area (TPSA) is 49.3 Å². The van der Waals surface area contributed by atoms with Crippen LogP contribution in [-0.4, -0.2) is 17.6 Å². The van der Waals surface area contributed by atoms with Gasteiger partial charge in [-0.2, -0.15) is 0 Å². The van der Waals surface area contributed by atoms with Gasteiger partial charge in [-0.3, -0.25) is 4.79 Å². The molecule has 1 aromatic rings. The molecule has 1 aliphatic carbocycles. The number of carbonyl (C=O) groups is 1. The molecule has 0 radical (unpaired) electrons. The summed E-state index contributed by atoms with van der Waals surface area (Å²) in [6.45, 7) is 6.09. The molecule has 0 spiro atoms. The van der Waals surface area contributed by atoms with Crippen LogP contribution in [0.25, 0.3) is 0 Å². The Bertz CT molecular complexity index is 425. The lowest BCUT2D eigenvalue weighted by Crippen LogP contribution is -2.18. The molecule has 19 heavy (non-hydrogen) atoms. The Morgan fingerprint density at radius 3 is 2.47 bits per heavy atom. The molecule has 104 valence electrons. The van der Waals surface area contributed by atoms with Crippen LogP contribution in [0.15, 0.2) is 24.3 Å². The van der Waals surface area contributed by atoms with Gasteiger partial charge < -0.3 is 10.4 Å². The van der Waals surface area contributed by atoms with Crippen molar-refractivity contribution in [1.29, 1.82) is 0 Å². The number of aliphatic carboxylic acids is 1. The summed E-state index contributed by atoms with van der Waals surface area (Å²) in [4.78, 5) is 10.7. The summed E-state index contributed by atoms with van der Waals surface area (Å²) in [6, 6.07) is 8.70. The highest BCUT2D eigenvalue weighted by Crippen LogP contribution is 2.37. The molecule has 2 atom stereocenters. The van der Waals surface area contributed by atoms with Gasteiger partial charge in [-0.1, -0.05) is 38.1 Å². The number of hydrogen-bond acceptors (Lipinski definition) is 2. The fourth-order valence-corrected chi connectivity index (χ4v) is 2.44. The maximum absolute atomic E-state index is 10.7. The van der Waals surface area contributed by atoms with Crippen LogP contribution >= 0.6 is 0 Å². The lowest BCUT2D eigenvalue weighted by atomic mass is 10.0. The summed E-state index contributed by atoms with van der Waals surface area (Å²) in [5.41, 5.74) is 2.65. The summed E-state index contributed by atoms with van der Waals surface area (Å²) in [6.07, 6.45) is 1.95. The van der Waals surface area contributed by atoms with Crippen molar-refractivity contribution in [3.8, 4) is 0 Å². The van der Waals surface area contributed by atoms with E-state index < -0.39 is 5.97 Å². The summed E-state index contributed by atoms with van der Waals surface area (Å²) >= 11 is 0. The molecule has 0 heterocycles. The Morgan fingerprint density at radius 2 is 1.95 bits per heavy atom. The second-order valence-electron chi connectivity index (χ2n) is 5.99. The third-order valence-corrected chi connectivity index (χ3v) is 3.64. The van der Waals surface area contributed by atoms with E-state index in [1.807, 2.05) is 0 Å². The van der Waals surface area contributed by atoms with E-state index in [0.717, 1.165) is 25.9 Å². The zero-order valence-corrected chi connectivity index (χ0v) is 11.7. The molecule has 1 aliphatic rings. The van der Waals surface area contributed by atoms with Crippen molar-refractivity contribution in [1.82, 2.24) is 5.32 Å². The van der Waals surface area contributed by atoms with Gasteiger partial charge in [0.05, 0.1) is 5.92 Å². The number of nitrogens with one attached hydrogen (secondary N) is 1. The van der Waals surface area contributed by atoms with Gasteiger partial charge in [-0.25, -0.2) is 0 Å². The van der Waals surface area contributed by atoms with E-state index in [-0.39, 0.29) is 5.92 Å². The molecule has 2 N–H and O–H groups in total. The molecule has 3 nitrogen and oxygen atoms in total. The zero-order chi connectivity index (χ0) is 13.8. The Balaban J connectivity index is 1.70. The van der Waals surface area contributed by atoms with E-state index in [1.165, 1.54) is 11.1 Å². The van der Waals surface area contributed by atoms with Gasteiger partial charge in [-0.05, 0) is 42.3 Å². The standard InChI is InChI=1S/C16H23NO2/c1-11(2)7-12-3-5-13(6-4-12)9-17-10-14-8-15(14)16(18)19/h3-6,11,14-15,17H,7-10H2,1-2H3,(H,18,19). The molecule has 0 saturated heterocycles. The minimum absolute atomic E-state index is 0.110. The summed E-state index contributed by atoms with van der Waals surface area (Å²) in [5, 5.41) is 12.2. The van der Waals surface area contributed by atoms with Gasteiger partial charge in [0.25, 0.3) is 0 Å². The summed E-state index contributed by atoms with van der Waals surface area (Å²) < 4.78 is 0. The van der Waals surface area contributed by atoms with Crippen LogP contribution in [0.2, 0.25) is 0 Å². The van der Waals surface area contributed by atoms with Crippen LogP contribution in [-0.2, 0) is 17.8 Å². The number of hydrogen-bond donors (Lipinski definition) is 2. The molecule has 0 aromatic heterocycles. The number of benzene rings is 1. The molecular formula is C16H23NO2. The van der Waals surface area contributed by atoms with Crippen molar-refractivity contribution in [2.75, 3.05) is 6.54 Å². The zero-order valence-electron chi connectivity index (χ0n) is 11.7. The smallest absolute Gasteiger partial charge is 0.306 e. The average molecular weight is 261 g/mol. The minimum Gasteiger partial charge on any atom is -0.481 e. The predicted octanol–water partition coefficient (Wildman–Crippen LogP) is 2.70. The second kappa shape index (κ2) is 6.20. The van der Waals surface area contributed by atoms with Crippen LogP contribution in [0.1, 0.15) is 31.4 Å². The lowest BCUT2D eigenvalue weighted by Gasteiger charge is -2.07. The molecule has 0 aliphatic heterocycles. The van der Waals surface area contributed by atoms with E-state index >= 15 is 0 Å². The average Bonchev–Trinajstić information content (AvgIpc) is 3.10. The Hall–Kier alpha value is -1.35. The Labute approximate surface area is 115 Å². The maximum atomic E-state index is 10.7. The second-order valence-corrected chi connectivity index (χ2v) is 5.99.